The highest BCUT2D eigenvalue weighted by molar-refractivity contribution is 6.12. The largest absolute Gasteiger partial charge is 0.399 e. The summed E-state index contributed by atoms with van der Waals surface area (Å²) >= 11 is 0. The molecule has 0 aliphatic rings. The molecule has 6 rings (SSSR count). The van der Waals surface area contributed by atoms with Gasteiger partial charge in [-0.15, -0.1) is 0 Å². The predicted octanol–water partition coefficient (Wildman–Crippen LogP) is 5.86. The first-order chi connectivity index (χ1) is 24.9. The summed E-state index contributed by atoms with van der Waals surface area (Å²) in [4.78, 5) is 51.9. The van der Waals surface area contributed by atoms with E-state index in [0.717, 1.165) is 0 Å². The van der Waals surface area contributed by atoms with E-state index in [4.69, 9.17) is 34.4 Å². The fraction of sp³-hybridized carbons (Fsp3) is 0. The van der Waals surface area contributed by atoms with Crippen molar-refractivity contribution in [2.75, 3.05) is 32.7 Å². The van der Waals surface area contributed by atoms with Crippen molar-refractivity contribution in [1.82, 2.24) is 0 Å². The molecule has 0 atom stereocenters. The molecule has 0 aliphatic carbocycles. The zero-order valence-electron chi connectivity index (χ0n) is 27.8. The third kappa shape index (κ3) is 8.51. The minimum atomic E-state index is -0.549. The van der Waals surface area contributed by atoms with Crippen LogP contribution < -0.4 is 44.2 Å². The van der Waals surface area contributed by atoms with Gasteiger partial charge >= 0.3 is 0 Å². The molecule has 0 heterocycles. The SMILES string of the molecule is NC(=O)c1ccc(C(=O)N(c2ccc(N)cc2)c2ccc(N)cc2)cc1.NC(=O)c1ccc(C(=O)N(c2cccc(N)c2)c2cccc(N)c2)cc1. The summed E-state index contributed by atoms with van der Waals surface area (Å²) < 4.78 is 0. The molecule has 12 nitrogen and oxygen atoms in total. The van der Waals surface area contributed by atoms with Gasteiger partial charge < -0.3 is 34.4 Å². The molecule has 260 valence electrons. The van der Waals surface area contributed by atoms with Gasteiger partial charge in [-0.2, -0.15) is 0 Å². The molecule has 0 unspecified atom stereocenters. The van der Waals surface area contributed by atoms with Gasteiger partial charge in [0.15, 0.2) is 0 Å². The summed E-state index contributed by atoms with van der Waals surface area (Å²) in [5, 5.41) is 0. The highest BCUT2D eigenvalue weighted by Gasteiger charge is 2.22. The van der Waals surface area contributed by atoms with Crippen LogP contribution in [0.4, 0.5) is 45.5 Å². The molecule has 0 spiro atoms. The average molecular weight is 693 g/mol. The molecular formula is C40H36N8O4. The van der Waals surface area contributed by atoms with Crippen molar-refractivity contribution in [1.29, 1.82) is 0 Å². The molecule has 0 saturated carbocycles. The fourth-order valence-electron chi connectivity index (χ4n) is 5.15. The van der Waals surface area contributed by atoms with Gasteiger partial charge in [-0.05, 0) is 133 Å². The van der Waals surface area contributed by atoms with E-state index in [0.29, 0.717) is 67.8 Å². The van der Waals surface area contributed by atoms with Crippen LogP contribution in [-0.2, 0) is 0 Å². The van der Waals surface area contributed by atoms with Crippen LogP contribution in [0.15, 0.2) is 146 Å². The molecule has 0 saturated heterocycles. The van der Waals surface area contributed by atoms with E-state index in [-0.39, 0.29) is 11.8 Å². The number of hydrogen-bond acceptors (Lipinski definition) is 8. The van der Waals surface area contributed by atoms with Crippen LogP contribution >= 0.6 is 0 Å². The van der Waals surface area contributed by atoms with E-state index in [1.807, 2.05) is 0 Å². The lowest BCUT2D eigenvalue weighted by atomic mass is 10.1. The molecule has 0 bridgehead atoms. The van der Waals surface area contributed by atoms with Crippen molar-refractivity contribution >= 4 is 69.1 Å². The number of carbonyl (C=O) groups is 4. The normalized spacial score (nSPS) is 10.3. The van der Waals surface area contributed by atoms with E-state index < -0.39 is 11.8 Å². The van der Waals surface area contributed by atoms with Crippen molar-refractivity contribution in [3.8, 4) is 0 Å². The van der Waals surface area contributed by atoms with Crippen molar-refractivity contribution in [2.45, 2.75) is 0 Å². The Bertz CT molecular complexity index is 2130. The summed E-state index contributed by atoms with van der Waals surface area (Å²) in [5.74, 6) is -1.63. The van der Waals surface area contributed by atoms with Gasteiger partial charge in [0.05, 0.1) is 11.4 Å². The van der Waals surface area contributed by atoms with Gasteiger partial charge in [-0.25, -0.2) is 0 Å². The minimum absolute atomic E-state index is 0.254. The highest BCUT2D eigenvalue weighted by atomic mass is 16.2. The van der Waals surface area contributed by atoms with E-state index in [2.05, 4.69) is 0 Å². The molecule has 0 aliphatic heterocycles. The van der Waals surface area contributed by atoms with Crippen LogP contribution in [0, 0.1) is 0 Å². The molecule has 52 heavy (non-hydrogen) atoms. The third-order valence-electron chi connectivity index (χ3n) is 7.80. The fourth-order valence-corrected chi connectivity index (χ4v) is 5.15. The van der Waals surface area contributed by atoms with Crippen LogP contribution in [0.1, 0.15) is 41.4 Å². The lowest BCUT2D eigenvalue weighted by Crippen LogP contribution is -2.26. The number of hydrogen-bond donors (Lipinski definition) is 6. The molecule has 0 radical (unpaired) electrons. The van der Waals surface area contributed by atoms with Crippen LogP contribution in [0.3, 0.4) is 0 Å². The van der Waals surface area contributed by atoms with Crippen LogP contribution in [-0.4, -0.2) is 23.6 Å². The maximum absolute atomic E-state index is 13.2. The summed E-state index contributed by atoms with van der Waals surface area (Å²) in [6.45, 7) is 0. The van der Waals surface area contributed by atoms with Crippen molar-refractivity contribution in [2.24, 2.45) is 11.5 Å². The van der Waals surface area contributed by atoms with Gasteiger partial charge in [0, 0.05) is 56.4 Å². The number of nitrogen functional groups attached to an aromatic ring is 4. The molecule has 0 fully saturated rings. The zero-order chi connectivity index (χ0) is 37.4. The van der Waals surface area contributed by atoms with Crippen LogP contribution in [0.2, 0.25) is 0 Å². The Morgan fingerprint density at radius 3 is 0.962 bits per heavy atom. The smallest absolute Gasteiger partial charge is 0.262 e. The van der Waals surface area contributed by atoms with Crippen molar-refractivity contribution in [3.63, 3.8) is 0 Å². The molecule has 0 aromatic heterocycles. The Labute approximate surface area is 299 Å². The first kappa shape index (κ1) is 35.7. The monoisotopic (exact) mass is 692 g/mol. The van der Waals surface area contributed by atoms with E-state index in [1.54, 1.807) is 126 Å². The van der Waals surface area contributed by atoms with Gasteiger partial charge in [-0.3, -0.25) is 29.0 Å². The van der Waals surface area contributed by atoms with Crippen LogP contribution in [0.25, 0.3) is 0 Å². The van der Waals surface area contributed by atoms with Gasteiger partial charge in [0.25, 0.3) is 11.8 Å². The number of benzene rings is 6. The van der Waals surface area contributed by atoms with Gasteiger partial charge in [-0.1, -0.05) is 12.1 Å². The lowest BCUT2D eigenvalue weighted by Gasteiger charge is -2.24. The summed E-state index contributed by atoms with van der Waals surface area (Å²) in [5.41, 5.74) is 40.1. The maximum Gasteiger partial charge on any atom is 0.262 e. The summed E-state index contributed by atoms with van der Waals surface area (Å²) in [6, 6.07) is 40.3. The quantitative estimate of drug-likeness (QED) is 0.106. The first-order valence-electron chi connectivity index (χ1n) is 15.8. The Morgan fingerprint density at radius 2 is 0.654 bits per heavy atom. The number of amides is 4. The first-order valence-corrected chi connectivity index (χ1v) is 15.8. The lowest BCUT2D eigenvalue weighted by molar-refractivity contribution is 0.0988. The Hall–Kier alpha value is -7.60. The average Bonchev–Trinajstić information content (AvgIpc) is 3.14. The molecule has 4 amide bonds. The third-order valence-corrected chi connectivity index (χ3v) is 7.80. The standard InChI is InChI=1S/2C20H18N4O2/c21-15-5-9-17(10-6-15)24(18-11-7-16(22)8-12-18)20(26)14-3-1-13(2-4-14)19(23)25;21-15-3-1-5-17(11-15)24(18-6-2-4-16(22)12-18)20(26)14-9-7-13(8-10-14)19(23)25/h2*1-12H,21-22H2,(H2,23,25). The van der Waals surface area contributed by atoms with E-state index in [9.17, 15) is 19.2 Å². The molecule has 12 heteroatoms. The second-order valence-corrected chi connectivity index (χ2v) is 11.5. The Kier molecular flexibility index (Phi) is 10.8. The van der Waals surface area contributed by atoms with E-state index in [1.165, 1.54) is 29.2 Å². The van der Waals surface area contributed by atoms with Crippen molar-refractivity contribution < 1.29 is 19.2 Å². The summed E-state index contributed by atoms with van der Waals surface area (Å²) in [7, 11) is 0. The van der Waals surface area contributed by atoms with Crippen LogP contribution in [0.5, 0.6) is 0 Å². The molecule has 6 aromatic carbocycles. The maximum atomic E-state index is 13.2. The van der Waals surface area contributed by atoms with Crippen molar-refractivity contribution in [3.05, 3.63) is 168 Å². The minimum Gasteiger partial charge on any atom is -0.399 e. The molecular weight excluding hydrogens is 656 g/mol. The molecule has 12 N–H and O–H groups in total. The van der Waals surface area contributed by atoms with Gasteiger partial charge in [0.2, 0.25) is 11.8 Å². The topological polar surface area (TPSA) is 231 Å². The second kappa shape index (κ2) is 15.7. The Morgan fingerprint density at radius 1 is 0.346 bits per heavy atom. The Balaban J connectivity index is 0.000000201. The number of nitrogens with two attached hydrogens (primary N) is 6. The number of rotatable bonds is 8. The summed E-state index contributed by atoms with van der Waals surface area (Å²) in [6.07, 6.45) is 0. The zero-order valence-corrected chi connectivity index (χ0v) is 27.8. The second-order valence-electron chi connectivity index (χ2n) is 11.5. The number of carbonyl (C=O) groups excluding carboxylic acids is 4. The number of nitrogens with zero attached hydrogens (tertiary/aromatic N) is 2. The van der Waals surface area contributed by atoms with E-state index >= 15 is 0 Å². The van der Waals surface area contributed by atoms with Gasteiger partial charge in [0.1, 0.15) is 0 Å². The number of anilines is 8. The molecule has 6 aromatic rings. The predicted molar refractivity (Wildman–Crippen MR) is 206 cm³/mol. The number of primary amides is 2. The highest BCUT2D eigenvalue weighted by Crippen LogP contribution is 2.31.